The number of rotatable bonds is 9. The van der Waals surface area contributed by atoms with Gasteiger partial charge in [-0.05, 0) is 74.1 Å². The van der Waals surface area contributed by atoms with Gasteiger partial charge in [0.25, 0.3) is 0 Å². The van der Waals surface area contributed by atoms with E-state index < -0.39 is 0 Å². The first-order chi connectivity index (χ1) is 20.3. The predicted molar refractivity (Wildman–Crippen MR) is 166 cm³/mol. The Morgan fingerprint density at radius 3 is 2.69 bits per heavy atom. The summed E-state index contributed by atoms with van der Waals surface area (Å²) in [4.78, 5) is 0. The van der Waals surface area contributed by atoms with E-state index in [0.29, 0.717) is 18.0 Å². The molecule has 7 nitrogen and oxygen atoms in total. The molecule has 0 unspecified atom stereocenters. The molecule has 2 aliphatic heterocycles. The molecular formula is C34H40FN3O4. The summed E-state index contributed by atoms with van der Waals surface area (Å²) >= 11 is 0. The summed E-state index contributed by atoms with van der Waals surface area (Å²) in [6, 6.07) is 9.50. The summed E-state index contributed by atoms with van der Waals surface area (Å²) < 4.78 is 32.7. The maximum Gasteiger partial charge on any atom is 0.227 e. The molecule has 8 heteroatoms. The van der Waals surface area contributed by atoms with Crippen LogP contribution in [-0.2, 0) is 24.3 Å². The maximum absolute atomic E-state index is 14.6. The smallest absolute Gasteiger partial charge is 0.227 e. The van der Waals surface area contributed by atoms with Gasteiger partial charge in [0.15, 0.2) is 0 Å². The number of allylic oxidation sites excluding steroid dienone is 5. The SMILES string of the molecule is C1CCOC1.C=C(/C=C\C=C(/C)n1ncc(C(=C)O)c1OC)c1cccc(C)c1OCc1cc(F)c2c(c1)CCNC2. The van der Waals surface area contributed by atoms with Crippen LogP contribution in [0.3, 0.4) is 0 Å². The Morgan fingerprint density at radius 2 is 2.00 bits per heavy atom. The van der Waals surface area contributed by atoms with Crippen LogP contribution in [0, 0.1) is 12.7 Å². The first kappa shape index (κ1) is 30.8. The first-order valence-electron chi connectivity index (χ1n) is 14.2. The van der Waals surface area contributed by atoms with E-state index in [1.54, 1.807) is 10.7 Å². The molecule has 3 aromatic rings. The van der Waals surface area contributed by atoms with E-state index in [1.165, 1.54) is 26.1 Å². The summed E-state index contributed by atoms with van der Waals surface area (Å²) in [6.07, 6.45) is 10.5. The maximum atomic E-state index is 14.6. The molecule has 2 N–H and O–H groups in total. The molecule has 222 valence electrons. The van der Waals surface area contributed by atoms with E-state index in [-0.39, 0.29) is 18.2 Å². The number of aliphatic hydroxyl groups is 1. The fourth-order valence-corrected chi connectivity index (χ4v) is 4.91. The number of para-hydroxylation sites is 1. The lowest BCUT2D eigenvalue weighted by molar-refractivity contribution is 0.198. The summed E-state index contributed by atoms with van der Waals surface area (Å²) in [7, 11) is 1.51. The molecule has 0 bridgehead atoms. The number of methoxy groups -OCH3 is 1. The van der Waals surface area contributed by atoms with Crippen LogP contribution in [0.15, 0.2) is 67.9 Å². The van der Waals surface area contributed by atoms with E-state index in [1.807, 2.05) is 56.3 Å². The van der Waals surface area contributed by atoms with Crippen molar-refractivity contribution in [2.75, 3.05) is 26.9 Å². The number of benzene rings is 2. The van der Waals surface area contributed by atoms with Gasteiger partial charge in [0.1, 0.15) is 23.9 Å². The largest absolute Gasteiger partial charge is 0.508 e. The van der Waals surface area contributed by atoms with Gasteiger partial charge >= 0.3 is 0 Å². The third-order valence-corrected chi connectivity index (χ3v) is 7.19. The van der Waals surface area contributed by atoms with Crippen molar-refractivity contribution in [2.24, 2.45) is 0 Å². The number of hydrogen-bond donors (Lipinski definition) is 2. The second-order valence-electron chi connectivity index (χ2n) is 10.3. The zero-order valence-corrected chi connectivity index (χ0v) is 24.7. The Kier molecular flexibility index (Phi) is 10.8. The highest BCUT2D eigenvalue weighted by Gasteiger charge is 2.16. The fourth-order valence-electron chi connectivity index (χ4n) is 4.91. The van der Waals surface area contributed by atoms with Crippen molar-refractivity contribution in [1.29, 1.82) is 0 Å². The van der Waals surface area contributed by atoms with Crippen molar-refractivity contribution in [3.05, 3.63) is 107 Å². The molecule has 1 aromatic heterocycles. The number of aromatic nitrogens is 2. The highest BCUT2D eigenvalue weighted by molar-refractivity contribution is 5.77. The van der Waals surface area contributed by atoms with Gasteiger partial charge in [0, 0.05) is 36.6 Å². The van der Waals surface area contributed by atoms with Crippen LogP contribution in [-0.4, -0.2) is 41.8 Å². The Labute approximate surface area is 247 Å². The van der Waals surface area contributed by atoms with Crippen LogP contribution in [0.25, 0.3) is 17.0 Å². The number of aliphatic hydroxyl groups excluding tert-OH is 1. The molecule has 0 amide bonds. The molecule has 0 saturated carbocycles. The third-order valence-electron chi connectivity index (χ3n) is 7.19. The van der Waals surface area contributed by atoms with E-state index in [4.69, 9.17) is 14.2 Å². The monoisotopic (exact) mass is 573 g/mol. The standard InChI is InChI=1S/C30H32FN3O3.C4H8O/c1-19(8-6-10-21(3)34-30(36-5)26(17-33-34)22(4)35)25-11-7-9-20(2)29(25)37-18-23-14-24-12-13-32-16-27(24)28(31)15-23;1-2-4-5-3-1/h6-11,14-15,17,32,35H,1,4,12-13,16,18H2,2-3,5H3;1-4H2/b8-6-,21-10+;. The number of aryl methyl sites for hydroxylation is 1. The highest BCUT2D eigenvalue weighted by atomic mass is 19.1. The Balaban J connectivity index is 0.000000732. The van der Waals surface area contributed by atoms with Gasteiger partial charge in [-0.3, -0.25) is 0 Å². The summed E-state index contributed by atoms with van der Waals surface area (Å²) in [6.45, 7) is 15.3. The quantitative estimate of drug-likeness (QED) is 0.212. The molecule has 5 rings (SSSR count). The predicted octanol–water partition coefficient (Wildman–Crippen LogP) is 7.02. The van der Waals surface area contributed by atoms with Gasteiger partial charge in [-0.1, -0.05) is 49.6 Å². The minimum absolute atomic E-state index is 0.109. The number of nitrogens with one attached hydrogen (secondary N) is 1. The van der Waals surface area contributed by atoms with E-state index in [0.717, 1.165) is 71.0 Å². The van der Waals surface area contributed by atoms with Gasteiger partial charge in [-0.15, -0.1) is 0 Å². The fraction of sp³-hybridized carbons (Fsp3) is 0.324. The number of ether oxygens (including phenoxy) is 3. The average Bonchev–Trinajstić information content (AvgIpc) is 3.70. The topological polar surface area (TPSA) is 77.8 Å². The van der Waals surface area contributed by atoms with E-state index in [2.05, 4.69) is 23.6 Å². The van der Waals surface area contributed by atoms with Crippen molar-refractivity contribution in [3.8, 4) is 11.6 Å². The first-order valence-corrected chi connectivity index (χ1v) is 14.2. The molecule has 2 aromatic carbocycles. The molecular weight excluding hydrogens is 533 g/mol. The van der Waals surface area contributed by atoms with Crippen molar-refractivity contribution in [1.82, 2.24) is 15.1 Å². The van der Waals surface area contributed by atoms with Crippen molar-refractivity contribution < 1.29 is 23.7 Å². The van der Waals surface area contributed by atoms with Crippen LogP contribution in [0.2, 0.25) is 0 Å². The number of fused-ring (bicyclic) bond motifs is 1. The van der Waals surface area contributed by atoms with Crippen LogP contribution in [0.5, 0.6) is 11.6 Å². The molecule has 0 aliphatic carbocycles. The lowest BCUT2D eigenvalue weighted by atomic mass is 9.98. The van der Waals surface area contributed by atoms with Crippen LogP contribution >= 0.6 is 0 Å². The number of hydrogen-bond acceptors (Lipinski definition) is 6. The number of halogens is 1. The summed E-state index contributed by atoms with van der Waals surface area (Å²) in [5.74, 6) is 0.823. The normalized spacial score (nSPS) is 14.7. The van der Waals surface area contributed by atoms with E-state index >= 15 is 0 Å². The minimum Gasteiger partial charge on any atom is -0.508 e. The molecule has 3 heterocycles. The van der Waals surface area contributed by atoms with Gasteiger partial charge in [0.05, 0.1) is 18.9 Å². The molecule has 42 heavy (non-hydrogen) atoms. The summed E-state index contributed by atoms with van der Waals surface area (Å²) in [5.41, 5.74) is 6.41. The second kappa shape index (κ2) is 14.7. The lowest BCUT2D eigenvalue weighted by Gasteiger charge is -2.20. The van der Waals surface area contributed by atoms with E-state index in [9.17, 15) is 9.50 Å². The van der Waals surface area contributed by atoms with Crippen molar-refractivity contribution in [2.45, 2.75) is 46.3 Å². The number of nitrogens with zero attached hydrogens (tertiary/aromatic N) is 2. The molecule has 1 fully saturated rings. The van der Waals surface area contributed by atoms with Crippen LogP contribution < -0.4 is 14.8 Å². The Hall–Kier alpha value is -4.14. The summed E-state index contributed by atoms with van der Waals surface area (Å²) in [5, 5.41) is 17.2. The van der Waals surface area contributed by atoms with Crippen LogP contribution in [0.4, 0.5) is 4.39 Å². The van der Waals surface area contributed by atoms with Gasteiger partial charge in [-0.2, -0.15) is 5.10 Å². The van der Waals surface area contributed by atoms with Gasteiger partial charge < -0.3 is 24.6 Å². The Bertz CT molecular complexity index is 1480. The lowest BCUT2D eigenvalue weighted by Crippen LogP contribution is -2.25. The zero-order valence-electron chi connectivity index (χ0n) is 24.7. The molecule has 0 atom stereocenters. The van der Waals surface area contributed by atoms with Crippen molar-refractivity contribution >= 4 is 17.0 Å². The third kappa shape index (κ3) is 7.57. The average molecular weight is 574 g/mol. The van der Waals surface area contributed by atoms with Crippen LogP contribution in [0.1, 0.15) is 53.1 Å². The molecule has 1 saturated heterocycles. The highest BCUT2D eigenvalue weighted by Crippen LogP contribution is 2.31. The molecule has 0 radical (unpaired) electrons. The molecule has 0 spiro atoms. The Morgan fingerprint density at radius 1 is 1.21 bits per heavy atom. The minimum atomic E-state index is -0.188. The molecule has 2 aliphatic rings. The van der Waals surface area contributed by atoms with Gasteiger partial charge in [0.2, 0.25) is 5.88 Å². The second-order valence-corrected chi connectivity index (χ2v) is 10.3. The zero-order chi connectivity index (χ0) is 30.1. The van der Waals surface area contributed by atoms with Crippen molar-refractivity contribution in [3.63, 3.8) is 0 Å². The van der Waals surface area contributed by atoms with Gasteiger partial charge in [-0.25, -0.2) is 9.07 Å².